The Kier molecular flexibility index (Phi) is 1.85. The van der Waals surface area contributed by atoms with Crippen molar-refractivity contribution in [3.63, 3.8) is 0 Å². The van der Waals surface area contributed by atoms with E-state index in [1.165, 1.54) is 0 Å². The summed E-state index contributed by atoms with van der Waals surface area (Å²) in [6, 6.07) is 0. The van der Waals surface area contributed by atoms with Gasteiger partial charge in [-0.15, -0.1) is 0 Å². The highest BCUT2D eigenvalue weighted by molar-refractivity contribution is 4.70. The van der Waals surface area contributed by atoms with E-state index < -0.39 is 0 Å². The van der Waals surface area contributed by atoms with Gasteiger partial charge in [0.05, 0.1) is 0 Å². The van der Waals surface area contributed by atoms with E-state index >= 15 is 0 Å². The van der Waals surface area contributed by atoms with Crippen molar-refractivity contribution in [2.75, 3.05) is 0 Å². The molecule has 0 aromatic rings. The molecule has 0 aromatic carbocycles. The SMILES string of the molecule is [CH2]C(C)C(C)(C)C. The molecule has 0 aliphatic heterocycles. The van der Waals surface area contributed by atoms with Crippen LogP contribution in [0.1, 0.15) is 27.7 Å². The predicted molar refractivity (Wildman–Crippen MR) is 34.0 cm³/mol. The Morgan fingerprint density at radius 1 is 1.29 bits per heavy atom. The molecule has 0 spiro atoms. The van der Waals surface area contributed by atoms with Gasteiger partial charge in [0.15, 0.2) is 0 Å². The predicted octanol–water partition coefficient (Wildman–Crippen LogP) is 2.50. The third-order valence-electron chi connectivity index (χ3n) is 1.48. The van der Waals surface area contributed by atoms with Crippen LogP contribution >= 0.6 is 0 Å². The van der Waals surface area contributed by atoms with Gasteiger partial charge in [-0.3, -0.25) is 0 Å². The highest BCUT2D eigenvalue weighted by Crippen LogP contribution is 2.23. The molecule has 0 heterocycles. The van der Waals surface area contributed by atoms with Crippen LogP contribution in [0.4, 0.5) is 0 Å². The monoisotopic (exact) mass is 99.1 g/mol. The third-order valence-corrected chi connectivity index (χ3v) is 1.48. The molecule has 0 heteroatoms. The summed E-state index contributed by atoms with van der Waals surface area (Å²) in [5, 5.41) is 0. The average molecular weight is 99.2 g/mol. The highest BCUT2D eigenvalue weighted by Gasteiger charge is 2.13. The summed E-state index contributed by atoms with van der Waals surface area (Å²) in [6.07, 6.45) is 0. The molecule has 0 amide bonds. The quantitative estimate of drug-likeness (QED) is 0.437. The van der Waals surface area contributed by atoms with Gasteiger partial charge in [0.25, 0.3) is 0 Å². The van der Waals surface area contributed by atoms with E-state index in [0.29, 0.717) is 11.3 Å². The zero-order chi connectivity index (χ0) is 6.08. The molecule has 0 saturated heterocycles. The first-order chi connectivity index (χ1) is 2.94. The molecular weight excluding hydrogens is 84.1 g/mol. The smallest absolute Gasteiger partial charge is 0.0357 e. The second-order valence-corrected chi connectivity index (χ2v) is 3.27. The molecule has 1 atom stereocenters. The van der Waals surface area contributed by atoms with E-state index in [1.807, 2.05) is 0 Å². The fraction of sp³-hybridized carbons (Fsp3) is 0.857. The minimum absolute atomic E-state index is 0.389. The molecule has 0 aliphatic rings. The molecular formula is C7H15. The summed E-state index contributed by atoms with van der Waals surface area (Å²) in [5.74, 6) is 0.549. The zero-order valence-corrected chi connectivity index (χ0v) is 5.78. The maximum atomic E-state index is 3.91. The van der Waals surface area contributed by atoms with Gasteiger partial charge in [0, 0.05) is 0 Å². The Labute approximate surface area is 46.9 Å². The highest BCUT2D eigenvalue weighted by atomic mass is 14.2. The van der Waals surface area contributed by atoms with Gasteiger partial charge in [-0.1, -0.05) is 27.7 Å². The van der Waals surface area contributed by atoms with Crippen molar-refractivity contribution in [2.45, 2.75) is 27.7 Å². The molecule has 1 radical (unpaired) electrons. The molecule has 43 valence electrons. The summed E-state index contributed by atoms with van der Waals surface area (Å²) in [5.41, 5.74) is 0.389. The molecule has 1 unspecified atom stereocenters. The zero-order valence-electron chi connectivity index (χ0n) is 5.78. The van der Waals surface area contributed by atoms with Gasteiger partial charge in [-0.2, -0.15) is 0 Å². The van der Waals surface area contributed by atoms with Crippen LogP contribution in [-0.4, -0.2) is 0 Å². The van der Waals surface area contributed by atoms with Gasteiger partial charge in [0.2, 0.25) is 0 Å². The van der Waals surface area contributed by atoms with Crippen LogP contribution in [0.2, 0.25) is 0 Å². The number of hydrogen-bond acceptors (Lipinski definition) is 0. The first kappa shape index (κ1) is 7.00. The van der Waals surface area contributed by atoms with E-state index in [1.54, 1.807) is 0 Å². The van der Waals surface area contributed by atoms with E-state index in [0.717, 1.165) is 0 Å². The van der Waals surface area contributed by atoms with Crippen molar-refractivity contribution in [3.05, 3.63) is 6.92 Å². The van der Waals surface area contributed by atoms with E-state index in [-0.39, 0.29) is 0 Å². The molecule has 0 N–H and O–H groups in total. The molecule has 0 nitrogen and oxygen atoms in total. The fourth-order valence-electron chi connectivity index (χ4n) is 0. The Balaban J connectivity index is 3.54. The first-order valence-corrected chi connectivity index (χ1v) is 2.77. The fourth-order valence-corrected chi connectivity index (χ4v) is 0. The van der Waals surface area contributed by atoms with Crippen LogP contribution in [0.25, 0.3) is 0 Å². The van der Waals surface area contributed by atoms with Crippen molar-refractivity contribution in [3.8, 4) is 0 Å². The summed E-state index contributed by atoms with van der Waals surface area (Å²) >= 11 is 0. The number of rotatable bonds is 0. The van der Waals surface area contributed by atoms with Gasteiger partial charge in [-0.05, 0) is 18.3 Å². The van der Waals surface area contributed by atoms with Gasteiger partial charge in [0.1, 0.15) is 0 Å². The molecule has 0 fully saturated rings. The number of hydrogen-bond donors (Lipinski definition) is 0. The molecule has 0 bridgehead atoms. The molecule has 0 saturated carbocycles. The third kappa shape index (κ3) is 2.67. The van der Waals surface area contributed by atoms with E-state index in [9.17, 15) is 0 Å². The maximum absolute atomic E-state index is 3.91. The van der Waals surface area contributed by atoms with Gasteiger partial charge >= 0.3 is 0 Å². The molecule has 0 rings (SSSR count). The van der Waals surface area contributed by atoms with E-state index in [2.05, 4.69) is 34.6 Å². The lowest BCUT2D eigenvalue weighted by Crippen LogP contribution is -2.13. The summed E-state index contributed by atoms with van der Waals surface area (Å²) in [6.45, 7) is 12.6. The van der Waals surface area contributed by atoms with Gasteiger partial charge in [-0.25, -0.2) is 0 Å². The second-order valence-electron chi connectivity index (χ2n) is 3.27. The van der Waals surface area contributed by atoms with Crippen LogP contribution in [-0.2, 0) is 0 Å². The summed E-state index contributed by atoms with van der Waals surface area (Å²) in [4.78, 5) is 0. The molecule has 7 heavy (non-hydrogen) atoms. The van der Waals surface area contributed by atoms with Crippen molar-refractivity contribution in [2.24, 2.45) is 11.3 Å². The standard InChI is InChI=1S/C7H15/c1-6(2)7(3,4)5/h6H,1H2,2-5H3. The first-order valence-electron chi connectivity index (χ1n) is 2.77. The van der Waals surface area contributed by atoms with Crippen LogP contribution in [0.3, 0.4) is 0 Å². The Morgan fingerprint density at radius 2 is 1.43 bits per heavy atom. The Morgan fingerprint density at radius 3 is 1.43 bits per heavy atom. The Bertz CT molecular complexity index is 45.5. The maximum Gasteiger partial charge on any atom is -0.0357 e. The van der Waals surface area contributed by atoms with Crippen LogP contribution in [0.5, 0.6) is 0 Å². The lowest BCUT2D eigenvalue weighted by Gasteiger charge is -2.22. The second kappa shape index (κ2) is 1.85. The van der Waals surface area contributed by atoms with Crippen LogP contribution < -0.4 is 0 Å². The summed E-state index contributed by atoms with van der Waals surface area (Å²) < 4.78 is 0. The van der Waals surface area contributed by atoms with Crippen LogP contribution in [0, 0.1) is 18.3 Å². The van der Waals surface area contributed by atoms with Crippen LogP contribution in [0.15, 0.2) is 0 Å². The largest absolute Gasteiger partial charge is 0.0620 e. The molecule has 0 aromatic heterocycles. The minimum Gasteiger partial charge on any atom is -0.0620 e. The topological polar surface area (TPSA) is 0 Å². The van der Waals surface area contributed by atoms with Crippen molar-refractivity contribution in [1.82, 2.24) is 0 Å². The Hall–Kier alpha value is 0. The normalized spacial score (nSPS) is 12.9. The summed E-state index contributed by atoms with van der Waals surface area (Å²) in [7, 11) is 0. The minimum atomic E-state index is 0.389. The van der Waals surface area contributed by atoms with Gasteiger partial charge < -0.3 is 0 Å². The van der Waals surface area contributed by atoms with Crippen molar-refractivity contribution < 1.29 is 0 Å². The lowest BCUT2D eigenvalue weighted by molar-refractivity contribution is 0.312. The van der Waals surface area contributed by atoms with Crippen molar-refractivity contribution >= 4 is 0 Å². The lowest BCUT2D eigenvalue weighted by atomic mass is 9.84. The van der Waals surface area contributed by atoms with Crippen molar-refractivity contribution in [1.29, 1.82) is 0 Å². The van der Waals surface area contributed by atoms with E-state index in [4.69, 9.17) is 0 Å². The molecule has 0 aliphatic carbocycles. The average Bonchev–Trinajstić information content (AvgIpc) is 1.31.